The topological polar surface area (TPSA) is 88.8 Å². The molecular weight excluding hydrogens is 256 g/mol. The van der Waals surface area contributed by atoms with Gasteiger partial charge in [-0.2, -0.15) is 13.7 Å². The lowest BCUT2D eigenvalue weighted by Crippen LogP contribution is -2.03. The van der Waals surface area contributed by atoms with Crippen molar-refractivity contribution >= 4 is 15.8 Å². The first kappa shape index (κ1) is 14.0. The van der Waals surface area contributed by atoms with Crippen LogP contribution in [0.25, 0.3) is 0 Å². The molecule has 6 nitrogen and oxygen atoms in total. The number of ether oxygens (including phenoxy) is 1. The molecule has 0 saturated heterocycles. The van der Waals surface area contributed by atoms with Gasteiger partial charge in [-0.3, -0.25) is 4.28 Å². The maximum atomic E-state index is 10.8. The summed E-state index contributed by atoms with van der Waals surface area (Å²) >= 11 is 0. The standard InChI is InChI=1S/C11H12N2O4S/c1-3-16-10-6-4-9(5-7-10)11(8-12)13-17-18(2,14)15/h4-7H,3H2,1-2H3. The summed E-state index contributed by atoms with van der Waals surface area (Å²) in [4.78, 5) is 0. The van der Waals surface area contributed by atoms with Gasteiger partial charge in [0.15, 0.2) is 5.71 Å². The van der Waals surface area contributed by atoms with Crippen molar-refractivity contribution in [2.75, 3.05) is 12.9 Å². The van der Waals surface area contributed by atoms with Crippen LogP contribution in [0.3, 0.4) is 0 Å². The molecule has 0 spiro atoms. The Morgan fingerprint density at radius 3 is 2.44 bits per heavy atom. The fourth-order valence-corrected chi connectivity index (χ4v) is 1.33. The second-order valence-corrected chi connectivity index (χ2v) is 4.85. The maximum absolute atomic E-state index is 10.8. The Balaban J connectivity index is 2.93. The summed E-state index contributed by atoms with van der Waals surface area (Å²) in [6.45, 7) is 2.39. The molecule has 0 aliphatic heterocycles. The van der Waals surface area contributed by atoms with Crippen LogP contribution in [-0.4, -0.2) is 27.0 Å². The largest absolute Gasteiger partial charge is 0.494 e. The highest BCUT2D eigenvalue weighted by Gasteiger charge is 2.06. The van der Waals surface area contributed by atoms with Crippen LogP contribution in [-0.2, 0) is 14.4 Å². The fraction of sp³-hybridized carbons (Fsp3) is 0.273. The Kier molecular flexibility index (Phi) is 4.68. The second-order valence-electron chi connectivity index (χ2n) is 3.29. The molecule has 96 valence electrons. The highest BCUT2D eigenvalue weighted by atomic mass is 32.2. The lowest BCUT2D eigenvalue weighted by molar-refractivity contribution is 0.340. The third kappa shape index (κ3) is 4.43. The molecule has 18 heavy (non-hydrogen) atoms. The molecule has 0 fully saturated rings. The summed E-state index contributed by atoms with van der Waals surface area (Å²) in [5.41, 5.74) is 0.327. The minimum atomic E-state index is -3.72. The normalized spacial score (nSPS) is 11.7. The zero-order chi connectivity index (χ0) is 13.6. The summed E-state index contributed by atoms with van der Waals surface area (Å²) in [6.07, 6.45) is 0.851. The molecule has 0 aliphatic rings. The molecule has 0 heterocycles. The molecule has 0 radical (unpaired) electrons. The molecule has 0 N–H and O–H groups in total. The molecule has 0 bridgehead atoms. The van der Waals surface area contributed by atoms with Crippen molar-refractivity contribution in [1.82, 2.24) is 0 Å². The van der Waals surface area contributed by atoms with E-state index in [9.17, 15) is 8.42 Å². The summed E-state index contributed by atoms with van der Waals surface area (Å²) < 4.78 is 31.0. The van der Waals surface area contributed by atoms with E-state index in [0.29, 0.717) is 17.9 Å². The van der Waals surface area contributed by atoms with Gasteiger partial charge in [0.25, 0.3) is 0 Å². The minimum Gasteiger partial charge on any atom is -0.494 e. The van der Waals surface area contributed by atoms with Crippen LogP contribution >= 0.6 is 0 Å². The van der Waals surface area contributed by atoms with Gasteiger partial charge in [0.1, 0.15) is 11.8 Å². The van der Waals surface area contributed by atoms with E-state index in [0.717, 1.165) is 6.26 Å². The predicted octanol–water partition coefficient (Wildman–Crippen LogP) is 1.29. The first-order valence-corrected chi connectivity index (χ1v) is 6.88. The first-order chi connectivity index (χ1) is 8.46. The predicted molar refractivity (Wildman–Crippen MR) is 65.7 cm³/mol. The number of hydrogen-bond acceptors (Lipinski definition) is 6. The van der Waals surface area contributed by atoms with E-state index in [1.54, 1.807) is 30.3 Å². The van der Waals surface area contributed by atoms with Gasteiger partial charge in [-0.15, -0.1) is 0 Å². The van der Waals surface area contributed by atoms with Gasteiger partial charge in [0.05, 0.1) is 12.9 Å². The van der Waals surface area contributed by atoms with E-state index in [-0.39, 0.29) is 5.71 Å². The number of hydrogen-bond donors (Lipinski definition) is 0. The number of nitrogens with zero attached hydrogens (tertiary/aromatic N) is 2. The van der Waals surface area contributed by atoms with Crippen molar-refractivity contribution in [2.24, 2.45) is 5.16 Å². The van der Waals surface area contributed by atoms with Gasteiger partial charge in [0, 0.05) is 5.56 Å². The van der Waals surface area contributed by atoms with E-state index in [1.807, 2.05) is 6.92 Å². The molecule has 0 unspecified atom stereocenters. The van der Waals surface area contributed by atoms with Crippen LogP contribution in [0.5, 0.6) is 5.75 Å². The number of nitriles is 1. The monoisotopic (exact) mass is 268 g/mol. The van der Waals surface area contributed by atoms with Crippen LogP contribution in [0.4, 0.5) is 0 Å². The van der Waals surface area contributed by atoms with Gasteiger partial charge >= 0.3 is 10.1 Å². The van der Waals surface area contributed by atoms with E-state index < -0.39 is 10.1 Å². The van der Waals surface area contributed by atoms with Crippen molar-refractivity contribution in [3.63, 3.8) is 0 Å². The number of benzene rings is 1. The van der Waals surface area contributed by atoms with Gasteiger partial charge in [0.2, 0.25) is 0 Å². The molecule has 0 aliphatic carbocycles. The van der Waals surface area contributed by atoms with Crippen molar-refractivity contribution in [1.29, 1.82) is 5.26 Å². The lowest BCUT2D eigenvalue weighted by Gasteiger charge is -2.03. The minimum absolute atomic E-state index is 0.122. The van der Waals surface area contributed by atoms with E-state index in [2.05, 4.69) is 9.44 Å². The molecule has 0 aromatic heterocycles. The molecular formula is C11H12N2O4S. The second kappa shape index (κ2) is 6.02. The Morgan fingerprint density at radius 2 is 2.00 bits per heavy atom. The van der Waals surface area contributed by atoms with E-state index in [4.69, 9.17) is 10.00 Å². The van der Waals surface area contributed by atoms with Crippen LogP contribution in [0.15, 0.2) is 29.4 Å². The van der Waals surface area contributed by atoms with Crippen LogP contribution < -0.4 is 4.74 Å². The van der Waals surface area contributed by atoms with E-state index in [1.165, 1.54) is 0 Å². The average molecular weight is 268 g/mol. The zero-order valence-corrected chi connectivity index (χ0v) is 10.8. The Labute approximate surface area is 106 Å². The van der Waals surface area contributed by atoms with Crippen LogP contribution in [0, 0.1) is 11.3 Å². The molecule has 7 heteroatoms. The SMILES string of the molecule is CCOc1ccc(C(C#N)=NOS(C)(=O)=O)cc1. The number of rotatable bonds is 5. The third-order valence-electron chi connectivity index (χ3n) is 1.81. The Morgan fingerprint density at radius 1 is 1.39 bits per heavy atom. The smallest absolute Gasteiger partial charge is 0.325 e. The third-order valence-corrected chi connectivity index (χ3v) is 2.15. The summed E-state index contributed by atoms with van der Waals surface area (Å²) in [5.74, 6) is 0.655. The summed E-state index contributed by atoms with van der Waals surface area (Å²) in [7, 11) is -3.72. The molecule has 1 rings (SSSR count). The molecule has 1 aromatic carbocycles. The van der Waals surface area contributed by atoms with Gasteiger partial charge in [-0.25, -0.2) is 0 Å². The Hall–Kier alpha value is -2.07. The highest BCUT2D eigenvalue weighted by molar-refractivity contribution is 7.85. The number of oxime groups is 1. The van der Waals surface area contributed by atoms with Gasteiger partial charge in [-0.05, 0) is 31.2 Å². The Bertz CT molecular complexity index is 570. The quantitative estimate of drug-likeness (QED) is 0.593. The van der Waals surface area contributed by atoms with Crippen molar-refractivity contribution in [3.05, 3.63) is 29.8 Å². The van der Waals surface area contributed by atoms with Crippen molar-refractivity contribution < 1.29 is 17.4 Å². The summed E-state index contributed by atoms with van der Waals surface area (Å²) in [5, 5.41) is 12.1. The van der Waals surface area contributed by atoms with Crippen LogP contribution in [0.1, 0.15) is 12.5 Å². The van der Waals surface area contributed by atoms with Gasteiger partial charge < -0.3 is 4.74 Å². The highest BCUT2D eigenvalue weighted by Crippen LogP contribution is 2.13. The van der Waals surface area contributed by atoms with E-state index >= 15 is 0 Å². The average Bonchev–Trinajstić information content (AvgIpc) is 2.31. The fourth-order valence-electron chi connectivity index (χ4n) is 1.12. The van der Waals surface area contributed by atoms with Crippen LogP contribution in [0.2, 0.25) is 0 Å². The van der Waals surface area contributed by atoms with Gasteiger partial charge in [-0.1, -0.05) is 5.16 Å². The van der Waals surface area contributed by atoms with Crippen molar-refractivity contribution in [2.45, 2.75) is 6.92 Å². The maximum Gasteiger partial charge on any atom is 0.325 e. The molecule has 1 aromatic rings. The molecule has 0 saturated carbocycles. The summed E-state index contributed by atoms with van der Waals surface area (Å²) in [6, 6.07) is 8.27. The molecule has 0 atom stereocenters. The molecule has 0 amide bonds. The first-order valence-electron chi connectivity index (χ1n) is 5.06. The lowest BCUT2D eigenvalue weighted by atomic mass is 10.1. The van der Waals surface area contributed by atoms with Crippen molar-refractivity contribution in [3.8, 4) is 11.8 Å². The zero-order valence-electron chi connectivity index (χ0n) is 9.95.